The van der Waals surface area contributed by atoms with Crippen molar-refractivity contribution < 1.29 is 18.3 Å². The highest BCUT2D eigenvalue weighted by Gasteiger charge is 2.26. The third kappa shape index (κ3) is 5.02. The van der Waals surface area contributed by atoms with E-state index < -0.39 is 28.6 Å². The summed E-state index contributed by atoms with van der Waals surface area (Å²) < 4.78 is 27.6. The summed E-state index contributed by atoms with van der Waals surface area (Å²) in [6.45, 7) is 5.41. The maximum absolute atomic E-state index is 12.7. The summed E-state index contributed by atoms with van der Waals surface area (Å²) in [5.74, 6) is -0.657. The molecule has 0 aliphatic carbocycles. The molecule has 0 saturated carbocycles. The van der Waals surface area contributed by atoms with Crippen molar-refractivity contribution >= 4 is 32.5 Å². The van der Waals surface area contributed by atoms with E-state index in [0.717, 1.165) is 16.5 Å². The Morgan fingerprint density at radius 1 is 1.10 bits per heavy atom. The van der Waals surface area contributed by atoms with E-state index in [1.807, 2.05) is 26.8 Å². The fourth-order valence-corrected chi connectivity index (χ4v) is 4.13. The lowest BCUT2D eigenvalue weighted by molar-refractivity contribution is -0.118. The van der Waals surface area contributed by atoms with Gasteiger partial charge in [0.25, 0.3) is 0 Å². The standard InChI is InChI=1S/C22H25N3O4S/c1-22(2,3)16-6-9-18(10-7-16)30(28,29)25-20(14-26)21(27)24-17-8-11-19-15(13-17)5-4-12-23-19/h4-13,20,25-26H,14H2,1-3H3,(H,24,27)/t20-/m0/s1. The Labute approximate surface area is 176 Å². The number of carbonyl (C=O) groups excluding carboxylic acids is 1. The highest BCUT2D eigenvalue weighted by Crippen LogP contribution is 2.23. The molecule has 8 heteroatoms. The fraction of sp³-hybridized carbons (Fsp3) is 0.273. The van der Waals surface area contributed by atoms with E-state index in [1.54, 1.807) is 42.6 Å². The van der Waals surface area contributed by atoms with Crippen molar-refractivity contribution in [3.8, 4) is 0 Å². The third-order valence-corrected chi connectivity index (χ3v) is 6.19. The van der Waals surface area contributed by atoms with Gasteiger partial charge in [-0.25, -0.2) is 8.42 Å². The van der Waals surface area contributed by atoms with Gasteiger partial charge < -0.3 is 10.4 Å². The van der Waals surface area contributed by atoms with E-state index >= 15 is 0 Å². The number of aromatic nitrogens is 1. The molecule has 0 fully saturated rings. The molecule has 3 rings (SSSR count). The first-order valence-corrected chi connectivity index (χ1v) is 11.0. The Balaban J connectivity index is 1.74. The molecule has 1 atom stereocenters. The minimum absolute atomic E-state index is 0.0264. The average molecular weight is 428 g/mol. The van der Waals surface area contributed by atoms with Gasteiger partial charge in [0.1, 0.15) is 6.04 Å². The fourth-order valence-electron chi connectivity index (χ4n) is 2.95. The molecule has 2 aromatic carbocycles. The molecule has 1 amide bonds. The number of hydrogen-bond donors (Lipinski definition) is 3. The van der Waals surface area contributed by atoms with Crippen molar-refractivity contribution in [2.45, 2.75) is 37.1 Å². The molecule has 0 aliphatic rings. The Kier molecular flexibility index (Phi) is 6.21. The molecule has 30 heavy (non-hydrogen) atoms. The number of fused-ring (bicyclic) bond motifs is 1. The summed E-state index contributed by atoms with van der Waals surface area (Å²) in [6, 6.07) is 13.9. The lowest BCUT2D eigenvalue weighted by Gasteiger charge is -2.20. The highest BCUT2D eigenvalue weighted by atomic mass is 32.2. The van der Waals surface area contributed by atoms with E-state index in [1.165, 1.54) is 12.1 Å². The molecule has 0 unspecified atom stereocenters. The van der Waals surface area contributed by atoms with Crippen LogP contribution in [0.25, 0.3) is 10.9 Å². The van der Waals surface area contributed by atoms with Crippen LogP contribution in [0.3, 0.4) is 0 Å². The first-order chi connectivity index (χ1) is 14.1. The van der Waals surface area contributed by atoms with E-state index in [0.29, 0.717) is 5.69 Å². The molecule has 0 spiro atoms. The van der Waals surface area contributed by atoms with E-state index in [2.05, 4.69) is 15.0 Å². The average Bonchev–Trinajstić information content (AvgIpc) is 2.71. The molecule has 1 aromatic heterocycles. The Morgan fingerprint density at radius 2 is 1.80 bits per heavy atom. The smallest absolute Gasteiger partial charge is 0.244 e. The summed E-state index contributed by atoms with van der Waals surface area (Å²) in [6.07, 6.45) is 1.67. The molecule has 3 N–H and O–H groups in total. The molecule has 0 aliphatic heterocycles. The number of hydrogen-bond acceptors (Lipinski definition) is 5. The maximum Gasteiger partial charge on any atom is 0.244 e. The van der Waals surface area contributed by atoms with Crippen molar-refractivity contribution in [1.82, 2.24) is 9.71 Å². The number of nitrogens with zero attached hydrogens (tertiary/aromatic N) is 1. The van der Waals surface area contributed by atoms with Crippen LogP contribution < -0.4 is 10.0 Å². The second kappa shape index (κ2) is 8.51. The summed E-state index contributed by atoms with van der Waals surface area (Å²) in [5, 5.41) is 13.1. The van der Waals surface area contributed by atoms with E-state index in [4.69, 9.17) is 0 Å². The quantitative estimate of drug-likeness (QED) is 0.561. The molecule has 0 bridgehead atoms. The number of pyridine rings is 1. The monoisotopic (exact) mass is 427 g/mol. The largest absolute Gasteiger partial charge is 0.394 e. The Morgan fingerprint density at radius 3 is 2.43 bits per heavy atom. The van der Waals surface area contributed by atoms with Gasteiger partial charge in [0.05, 0.1) is 17.0 Å². The van der Waals surface area contributed by atoms with Crippen molar-refractivity contribution in [2.75, 3.05) is 11.9 Å². The Bertz CT molecular complexity index is 1150. The van der Waals surface area contributed by atoms with E-state index in [9.17, 15) is 18.3 Å². The van der Waals surface area contributed by atoms with Crippen molar-refractivity contribution in [3.05, 3.63) is 66.4 Å². The zero-order valence-corrected chi connectivity index (χ0v) is 17.9. The predicted octanol–water partition coefficient (Wildman–Crippen LogP) is 2.81. The van der Waals surface area contributed by atoms with Crippen LogP contribution in [-0.2, 0) is 20.2 Å². The van der Waals surface area contributed by atoms with Crippen LogP contribution in [0.1, 0.15) is 26.3 Å². The zero-order valence-electron chi connectivity index (χ0n) is 17.1. The normalized spacial score (nSPS) is 13.2. The number of aliphatic hydroxyl groups is 1. The van der Waals surface area contributed by atoms with Crippen molar-refractivity contribution in [2.24, 2.45) is 0 Å². The predicted molar refractivity (Wildman–Crippen MR) is 117 cm³/mol. The van der Waals surface area contributed by atoms with Crippen LogP contribution in [0.4, 0.5) is 5.69 Å². The number of amides is 1. The molecule has 0 saturated heterocycles. The van der Waals surface area contributed by atoms with Crippen LogP contribution in [0, 0.1) is 0 Å². The number of carbonyl (C=O) groups is 1. The number of rotatable bonds is 6. The lowest BCUT2D eigenvalue weighted by Crippen LogP contribution is -2.46. The summed E-state index contributed by atoms with van der Waals surface area (Å²) in [4.78, 5) is 16.8. The van der Waals surface area contributed by atoms with Gasteiger partial charge in [-0.05, 0) is 47.4 Å². The second-order valence-corrected chi connectivity index (χ2v) is 9.74. The highest BCUT2D eigenvalue weighted by molar-refractivity contribution is 7.89. The topological polar surface area (TPSA) is 108 Å². The first-order valence-electron chi connectivity index (χ1n) is 9.49. The van der Waals surface area contributed by atoms with Crippen LogP contribution >= 0.6 is 0 Å². The van der Waals surface area contributed by atoms with Gasteiger partial charge in [-0.3, -0.25) is 9.78 Å². The molecule has 158 valence electrons. The van der Waals surface area contributed by atoms with Gasteiger partial charge in [-0.15, -0.1) is 0 Å². The summed E-state index contributed by atoms with van der Waals surface area (Å²) in [5.41, 5.74) is 2.13. The van der Waals surface area contributed by atoms with Crippen LogP contribution in [-0.4, -0.2) is 37.1 Å². The first kappa shape index (κ1) is 21.9. The number of anilines is 1. The molecular weight excluding hydrogens is 402 g/mol. The molecule has 7 nitrogen and oxygen atoms in total. The van der Waals surface area contributed by atoms with Gasteiger partial charge in [-0.2, -0.15) is 4.72 Å². The van der Waals surface area contributed by atoms with Gasteiger partial charge in [0.15, 0.2) is 0 Å². The summed E-state index contributed by atoms with van der Waals surface area (Å²) >= 11 is 0. The van der Waals surface area contributed by atoms with Crippen LogP contribution in [0.5, 0.6) is 0 Å². The van der Waals surface area contributed by atoms with Crippen molar-refractivity contribution in [1.29, 1.82) is 0 Å². The van der Waals surface area contributed by atoms with Gasteiger partial charge in [-0.1, -0.05) is 39.0 Å². The lowest BCUT2D eigenvalue weighted by atomic mass is 9.87. The van der Waals surface area contributed by atoms with Gasteiger partial charge >= 0.3 is 0 Å². The third-order valence-electron chi connectivity index (χ3n) is 4.70. The molecular formula is C22H25N3O4S. The van der Waals surface area contributed by atoms with Crippen molar-refractivity contribution in [3.63, 3.8) is 0 Å². The number of benzene rings is 2. The minimum Gasteiger partial charge on any atom is -0.394 e. The SMILES string of the molecule is CC(C)(C)c1ccc(S(=O)(=O)N[C@@H](CO)C(=O)Nc2ccc3ncccc3c2)cc1. The summed E-state index contributed by atoms with van der Waals surface area (Å²) in [7, 11) is -3.99. The van der Waals surface area contributed by atoms with E-state index in [-0.39, 0.29) is 10.3 Å². The minimum atomic E-state index is -3.99. The molecule has 0 radical (unpaired) electrons. The number of aliphatic hydroxyl groups excluding tert-OH is 1. The maximum atomic E-state index is 12.7. The Hall–Kier alpha value is -2.81. The van der Waals surface area contributed by atoms with Crippen LogP contribution in [0.2, 0.25) is 0 Å². The number of nitrogens with one attached hydrogen (secondary N) is 2. The molecule has 1 heterocycles. The van der Waals surface area contributed by atoms with Crippen LogP contribution in [0.15, 0.2) is 65.7 Å². The molecule has 3 aromatic rings. The second-order valence-electron chi connectivity index (χ2n) is 8.03. The number of sulfonamides is 1. The van der Waals surface area contributed by atoms with Gasteiger partial charge in [0.2, 0.25) is 15.9 Å². The zero-order chi connectivity index (χ0) is 21.9. The van der Waals surface area contributed by atoms with Gasteiger partial charge in [0, 0.05) is 17.3 Å².